The number of benzene rings is 1. The molecule has 0 aromatic heterocycles. The highest BCUT2D eigenvalue weighted by Crippen LogP contribution is 2.27. The molecular formula is C14H15BrN2O2. The van der Waals surface area contributed by atoms with Gasteiger partial charge in [-0.25, -0.2) is 4.79 Å². The lowest BCUT2D eigenvalue weighted by atomic mass is 10.1. The summed E-state index contributed by atoms with van der Waals surface area (Å²) in [5, 5.41) is 9.05. The topological polar surface area (TPSA) is 53.3 Å². The van der Waals surface area contributed by atoms with Gasteiger partial charge in [0.15, 0.2) is 5.57 Å². The predicted molar refractivity (Wildman–Crippen MR) is 78.9 cm³/mol. The highest BCUT2D eigenvalue weighted by atomic mass is 79.9. The Hall–Kier alpha value is -1.80. The number of hydrogen-bond donors (Lipinski definition) is 0. The van der Waals surface area contributed by atoms with Crippen molar-refractivity contribution in [3.8, 4) is 6.07 Å². The van der Waals surface area contributed by atoms with Crippen LogP contribution in [0.5, 0.6) is 0 Å². The van der Waals surface area contributed by atoms with E-state index in [0.717, 1.165) is 11.3 Å². The van der Waals surface area contributed by atoms with Gasteiger partial charge < -0.3 is 9.64 Å². The minimum absolute atomic E-state index is 0.0283. The van der Waals surface area contributed by atoms with Crippen molar-refractivity contribution in [1.29, 1.82) is 5.26 Å². The van der Waals surface area contributed by atoms with E-state index < -0.39 is 5.97 Å². The first kappa shape index (κ1) is 15.3. The van der Waals surface area contributed by atoms with E-state index in [-0.39, 0.29) is 12.2 Å². The van der Waals surface area contributed by atoms with Crippen molar-refractivity contribution >= 4 is 32.1 Å². The molecule has 0 fully saturated rings. The molecule has 0 saturated carbocycles. The first-order valence-electron chi connectivity index (χ1n) is 5.76. The predicted octanol–water partition coefficient (Wildman–Crippen LogP) is 2.95. The van der Waals surface area contributed by atoms with Crippen molar-refractivity contribution in [3.05, 3.63) is 35.4 Å². The number of carbonyl (C=O) groups excluding carboxylic acids is 1. The summed E-state index contributed by atoms with van der Waals surface area (Å²) in [5.41, 5.74) is 1.77. The first-order valence-corrected chi connectivity index (χ1v) is 6.55. The maximum Gasteiger partial charge on any atom is 0.350 e. The fourth-order valence-corrected chi connectivity index (χ4v) is 1.95. The van der Waals surface area contributed by atoms with E-state index in [4.69, 9.17) is 10.00 Å². The number of nitrogens with zero attached hydrogens (tertiary/aromatic N) is 2. The molecule has 0 N–H and O–H groups in total. The quantitative estimate of drug-likeness (QED) is 0.486. The Morgan fingerprint density at radius 3 is 2.37 bits per heavy atom. The van der Waals surface area contributed by atoms with E-state index in [1.165, 1.54) is 0 Å². The third kappa shape index (κ3) is 3.83. The molecule has 100 valence electrons. The Balaban J connectivity index is 3.12. The summed E-state index contributed by atoms with van der Waals surface area (Å²) < 4.78 is 5.29. The summed E-state index contributed by atoms with van der Waals surface area (Å²) in [4.78, 5) is 13.6. The van der Waals surface area contributed by atoms with Crippen molar-refractivity contribution in [2.75, 3.05) is 25.6 Å². The van der Waals surface area contributed by atoms with Crippen LogP contribution in [0.4, 0.5) is 5.69 Å². The third-order valence-corrected chi connectivity index (χ3v) is 3.30. The summed E-state index contributed by atoms with van der Waals surface area (Å²) in [6, 6.07) is 9.38. The molecule has 0 heterocycles. The van der Waals surface area contributed by atoms with Crippen molar-refractivity contribution in [2.45, 2.75) is 6.92 Å². The highest BCUT2D eigenvalue weighted by Gasteiger charge is 2.16. The normalized spacial score (nSPS) is 11.3. The molecule has 0 spiro atoms. The maximum atomic E-state index is 11.6. The van der Waals surface area contributed by atoms with Crippen LogP contribution in [0.1, 0.15) is 12.5 Å². The van der Waals surface area contributed by atoms with E-state index in [1.807, 2.05) is 49.3 Å². The molecule has 1 aromatic rings. The van der Waals surface area contributed by atoms with Gasteiger partial charge in [0.05, 0.1) is 6.61 Å². The van der Waals surface area contributed by atoms with Crippen LogP contribution < -0.4 is 4.90 Å². The molecule has 0 amide bonds. The Kier molecular flexibility index (Phi) is 5.58. The van der Waals surface area contributed by atoms with Gasteiger partial charge in [-0.2, -0.15) is 5.26 Å². The van der Waals surface area contributed by atoms with Crippen molar-refractivity contribution in [1.82, 2.24) is 0 Å². The summed E-state index contributed by atoms with van der Waals surface area (Å²) in [5.74, 6) is -0.617. The fourth-order valence-electron chi connectivity index (χ4n) is 1.44. The lowest BCUT2D eigenvalue weighted by Gasteiger charge is -2.12. The number of anilines is 1. The lowest BCUT2D eigenvalue weighted by molar-refractivity contribution is -0.137. The van der Waals surface area contributed by atoms with Crippen LogP contribution in [0.15, 0.2) is 29.8 Å². The van der Waals surface area contributed by atoms with E-state index in [1.54, 1.807) is 6.92 Å². The van der Waals surface area contributed by atoms with Gasteiger partial charge >= 0.3 is 5.97 Å². The highest BCUT2D eigenvalue weighted by molar-refractivity contribution is 9.15. The molecule has 0 bridgehead atoms. The van der Waals surface area contributed by atoms with Crippen molar-refractivity contribution in [2.24, 2.45) is 0 Å². The minimum Gasteiger partial charge on any atom is -0.462 e. The van der Waals surface area contributed by atoms with Crippen LogP contribution in [0.3, 0.4) is 0 Å². The number of esters is 1. The zero-order chi connectivity index (χ0) is 14.4. The zero-order valence-electron chi connectivity index (χ0n) is 11.1. The number of hydrogen-bond acceptors (Lipinski definition) is 4. The second kappa shape index (κ2) is 6.95. The van der Waals surface area contributed by atoms with Crippen molar-refractivity contribution in [3.63, 3.8) is 0 Å². The lowest BCUT2D eigenvalue weighted by Crippen LogP contribution is -2.09. The summed E-state index contributed by atoms with van der Waals surface area (Å²) in [6.07, 6.45) is 0. The second-order valence-electron chi connectivity index (χ2n) is 3.96. The van der Waals surface area contributed by atoms with Crippen LogP contribution in [0.25, 0.3) is 4.48 Å². The van der Waals surface area contributed by atoms with Crippen LogP contribution in [-0.2, 0) is 9.53 Å². The second-order valence-corrected chi connectivity index (χ2v) is 4.76. The Morgan fingerprint density at radius 1 is 1.37 bits per heavy atom. The SMILES string of the molecule is CCOC(=O)/C(C#N)=C(\Br)c1ccc(N(C)C)cc1. The molecule has 0 unspecified atom stereocenters. The number of nitriles is 1. The minimum atomic E-state index is -0.617. The van der Waals surface area contributed by atoms with E-state index in [9.17, 15) is 4.79 Å². The zero-order valence-corrected chi connectivity index (χ0v) is 12.7. The van der Waals surface area contributed by atoms with Crippen LogP contribution in [0.2, 0.25) is 0 Å². The van der Waals surface area contributed by atoms with E-state index >= 15 is 0 Å². The van der Waals surface area contributed by atoms with Crippen LogP contribution >= 0.6 is 15.9 Å². The standard InChI is InChI=1S/C14H15BrN2O2/c1-4-19-14(18)12(9-16)13(15)10-5-7-11(8-6-10)17(2)3/h5-8H,4H2,1-3H3/b13-12-. The van der Waals surface area contributed by atoms with E-state index in [0.29, 0.717) is 4.48 Å². The fraction of sp³-hybridized carbons (Fsp3) is 0.286. The van der Waals surface area contributed by atoms with Gasteiger partial charge in [-0.05, 0) is 40.5 Å². The Bertz CT molecular complexity index is 527. The van der Waals surface area contributed by atoms with Gasteiger partial charge in [0.1, 0.15) is 6.07 Å². The molecule has 0 aliphatic carbocycles. The van der Waals surface area contributed by atoms with Gasteiger partial charge in [-0.15, -0.1) is 0 Å². The maximum absolute atomic E-state index is 11.6. The molecule has 19 heavy (non-hydrogen) atoms. The molecule has 5 heteroatoms. The van der Waals surface area contributed by atoms with Crippen LogP contribution in [-0.4, -0.2) is 26.7 Å². The van der Waals surface area contributed by atoms with Gasteiger partial charge in [-0.3, -0.25) is 0 Å². The van der Waals surface area contributed by atoms with Gasteiger partial charge in [0, 0.05) is 24.3 Å². The van der Waals surface area contributed by atoms with Gasteiger partial charge in [-0.1, -0.05) is 12.1 Å². The molecule has 0 aliphatic rings. The van der Waals surface area contributed by atoms with Gasteiger partial charge in [0.25, 0.3) is 0 Å². The first-order chi connectivity index (χ1) is 9.01. The summed E-state index contributed by atoms with van der Waals surface area (Å²) >= 11 is 3.29. The molecule has 0 aliphatic heterocycles. The molecule has 1 rings (SSSR count). The molecule has 4 nitrogen and oxygen atoms in total. The number of ether oxygens (including phenoxy) is 1. The number of halogens is 1. The molecule has 0 saturated heterocycles. The summed E-state index contributed by atoms with van der Waals surface area (Å²) in [6.45, 7) is 1.94. The summed E-state index contributed by atoms with van der Waals surface area (Å²) in [7, 11) is 3.89. The Labute approximate surface area is 121 Å². The van der Waals surface area contributed by atoms with Gasteiger partial charge in [0.2, 0.25) is 0 Å². The molecular weight excluding hydrogens is 308 g/mol. The third-order valence-electron chi connectivity index (χ3n) is 2.45. The largest absolute Gasteiger partial charge is 0.462 e. The molecule has 0 atom stereocenters. The smallest absolute Gasteiger partial charge is 0.350 e. The van der Waals surface area contributed by atoms with Crippen molar-refractivity contribution < 1.29 is 9.53 Å². The monoisotopic (exact) mass is 322 g/mol. The Morgan fingerprint density at radius 2 is 1.95 bits per heavy atom. The molecule has 0 radical (unpaired) electrons. The average Bonchev–Trinajstić information content (AvgIpc) is 2.39. The number of rotatable bonds is 4. The van der Waals surface area contributed by atoms with E-state index in [2.05, 4.69) is 15.9 Å². The molecule has 1 aromatic carbocycles. The van der Waals surface area contributed by atoms with Crippen LogP contribution in [0, 0.1) is 11.3 Å². The number of carbonyl (C=O) groups is 1. The average molecular weight is 323 g/mol.